The average Bonchev–Trinajstić information content (AvgIpc) is 3.24. The van der Waals surface area contributed by atoms with Gasteiger partial charge in [0.05, 0.1) is 6.61 Å². The number of methoxy groups -OCH3 is 1. The molecule has 1 spiro atoms. The second-order valence-corrected chi connectivity index (χ2v) is 8.84. The number of alkyl halides is 6. The van der Waals surface area contributed by atoms with E-state index in [0.29, 0.717) is 11.3 Å². The molecule has 14 heteroatoms. The number of likely N-dealkylation sites (tertiary alicyclic amines) is 2. The highest BCUT2D eigenvalue weighted by Crippen LogP contribution is 2.43. The number of hydrogen-bond donors (Lipinski definition) is 2. The topological polar surface area (TPSA) is 90.3 Å². The van der Waals surface area contributed by atoms with Crippen molar-refractivity contribution < 1.29 is 50.9 Å². The molecule has 2 aliphatic rings. The van der Waals surface area contributed by atoms with Crippen molar-refractivity contribution in [1.29, 1.82) is 0 Å². The maximum Gasteiger partial charge on any atom is 0.490 e. The molecule has 0 amide bonds. The summed E-state index contributed by atoms with van der Waals surface area (Å²) in [6.07, 6.45) is -8.88. The Morgan fingerprint density at radius 1 is 1.11 bits per heavy atom. The molecule has 1 aromatic rings. The lowest BCUT2D eigenvalue weighted by Gasteiger charge is -2.30. The Bertz CT molecular complexity index is 830. The van der Waals surface area contributed by atoms with Gasteiger partial charge in [-0.1, -0.05) is 23.7 Å². The maximum atomic E-state index is 10.6. The first kappa shape index (κ1) is 30.9. The quantitative estimate of drug-likeness (QED) is 0.562. The fourth-order valence-electron chi connectivity index (χ4n) is 4.21. The van der Waals surface area contributed by atoms with Crippen molar-refractivity contribution >= 4 is 23.5 Å². The summed E-state index contributed by atoms with van der Waals surface area (Å²) in [6.45, 7) is 6.62. The van der Waals surface area contributed by atoms with Gasteiger partial charge in [0.15, 0.2) is 0 Å². The Hall–Kier alpha value is -2.09. The molecule has 7 nitrogen and oxygen atoms in total. The summed E-state index contributed by atoms with van der Waals surface area (Å²) in [5, 5.41) is 15.1. The molecule has 200 valence electrons. The molecule has 0 bridgehead atoms. The lowest BCUT2D eigenvalue weighted by atomic mass is 9.78. The molecule has 2 atom stereocenters. The zero-order valence-electron chi connectivity index (χ0n) is 19.0. The van der Waals surface area contributed by atoms with Gasteiger partial charge in [0.2, 0.25) is 0 Å². The molecular weight excluding hydrogens is 510 g/mol. The van der Waals surface area contributed by atoms with Gasteiger partial charge in [0.25, 0.3) is 0 Å². The van der Waals surface area contributed by atoms with E-state index in [2.05, 4.69) is 29.0 Å². The first-order valence-corrected chi connectivity index (χ1v) is 10.6. The van der Waals surface area contributed by atoms with Crippen molar-refractivity contribution in [2.75, 3.05) is 46.9 Å². The minimum Gasteiger partial charge on any atom is -0.475 e. The van der Waals surface area contributed by atoms with E-state index in [-0.39, 0.29) is 0 Å². The number of benzene rings is 1. The minimum atomic E-state index is -5.08. The zero-order valence-corrected chi connectivity index (χ0v) is 19.8. The summed E-state index contributed by atoms with van der Waals surface area (Å²) in [7, 11) is 4.06. The third-order valence-corrected chi connectivity index (χ3v) is 5.83. The van der Waals surface area contributed by atoms with Crippen LogP contribution < -0.4 is 0 Å². The highest BCUT2D eigenvalue weighted by Gasteiger charge is 2.49. The van der Waals surface area contributed by atoms with Gasteiger partial charge in [-0.25, -0.2) is 9.59 Å². The number of ether oxygens (including phenoxy) is 1. The molecular formula is C21H27ClF6N2O5. The van der Waals surface area contributed by atoms with Gasteiger partial charge >= 0.3 is 24.3 Å². The van der Waals surface area contributed by atoms with Crippen LogP contribution in [0, 0.1) is 11.3 Å². The molecule has 2 heterocycles. The first-order chi connectivity index (χ1) is 16.0. The summed E-state index contributed by atoms with van der Waals surface area (Å²) in [5.74, 6) is -4.85. The highest BCUT2D eigenvalue weighted by atomic mass is 35.5. The van der Waals surface area contributed by atoms with E-state index in [1.54, 1.807) is 0 Å². The minimum absolute atomic E-state index is 0.420. The second-order valence-electron chi connectivity index (χ2n) is 8.41. The van der Waals surface area contributed by atoms with Crippen LogP contribution in [0.25, 0.3) is 0 Å². The van der Waals surface area contributed by atoms with Gasteiger partial charge in [-0.3, -0.25) is 4.90 Å². The molecule has 2 fully saturated rings. The van der Waals surface area contributed by atoms with Crippen LogP contribution in [0.4, 0.5) is 26.3 Å². The van der Waals surface area contributed by atoms with Gasteiger partial charge in [-0.2, -0.15) is 26.3 Å². The average molecular weight is 537 g/mol. The standard InChI is InChI=1S/C17H25ClN2O.2C2HF3O2/c1-19-10-15(11-21-2)17(12-19)6-7-20(13-17)9-14-4-3-5-16(18)8-14;2*3-2(4,5)1(6)7/h3-5,8,15H,6-7,9-13H2,1-2H3;2*(H,6,7)/t15-,17+;;/m0../s1. The Labute approximate surface area is 203 Å². The summed E-state index contributed by atoms with van der Waals surface area (Å²) in [4.78, 5) is 22.8. The smallest absolute Gasteiger partial charge is 0.475 e. The van der Waals surface area contributed by atoms with E-state index < -0.39 is 24.3 Å². The summed E-state index contributed by atoms with van der Waals surface area (Å²) < 4.78 is 68.9. The molecule has 0 aliphatic carbocycles. The van der Waals surface area contributed by atoms with Crippen molar-refractivity contribution in [3.63, 3.8) is 0 Å². The van der Waals surface area contributed by atoms with Crippen LogP contribution in [0.5, 0.6) is 0 Å². The normalized spacial score (nSPS) is 22.8. The van der Waals surface area contributed by atoms with E-state index in [1.165, 1.54) is 38.2 Å². The van der Waals surface area contributed by atoms with Crippen LogP contribution in [-0.2, 0) is 20.9 Å². The van der Waals surface area contributed by atoms with E-state index in [1.807, 2.05) is 19.2 Å². The van der Waals surface area contributed by atoms with Gasteiger partial charge in [0, 0.05) is 49.6 Å². The summed E-state index contributed by atoms with van der Waals surface area (Å²) in [6, 6.07) is 8.24. The van der Waals surface area contributed by atoms with Crippen molar-refractivity contribution in [3.05, 3.63) is 34.9 Å². The number of carboxylic acids is 2. The number of carbonyl (C=O) groups is 2. The van der Waals surface area contributed by atoms with E-state index >= 15 is 0 Å². The van der Waals surface area contributed by atoms with E-state index in [9.17, 15) is 26.3 Å². The van der Waals surface area contributed by atoms with Crippen LogP contribution in [0.15, 0.2) is 24.3 Å². The second kappa shape index (κ2) is 12.7. The Balaban J connectivity index is 0.000000362. The molecule has 0 unspecified atom stereocenters. The number of rotatable bonds is 4. The van der Waals surface area contributed by atoms with Crippen LogP contribution in [0.3, 0.4) is 0 Å². The van der Waals surface area contributed by atoms with Gasteiger partial charge in [-0.05, 0) is 37.7 Å². The fourth-order valence-corrected chi connectivity index (χ4v) is 4.42. The number of nitrogens with zero attached hydrogens (tertiary/aromatic N) is 2. The van der Waals surface area contributed by atoms with Crippen LogP contribution in [0.1, 0.15) is 12.0 Å². The maximum absolute atomic E-state index is 10.6. The highest BCUT2D eigenvalue weighted by molar-refractivity contribution is 6.30. The predicted molar refractivity (Wildman–Crippen MR) is 114 cm³/mol. The van der Waals surface area contributed by atoms with Gasteiger partial charge < -0.3 is 19.8 Å². The lowest BCUT2D eigenvalue weighted by molar-refractivity contribution is -0.193. The summed E-state index contributed by atoms with van der Waals surface area (Å²) in [5.41, 5.74) is 1.73. The third kappa shape index (κ3) is 10.2. The monoisotopic (exact) mass is 536 g/mol. The number of hydrogen-bond acceptors (Lipinski definition) is 5. The molecule has 2 saturated heterocycles. The predicted octanol–water partition coefficient (Wildman–Crippen LogP) is 4.01. The van der Waals surface area contributed by atoms with Gasteiger partial charge in [0.1, 0.15) is 0 Å². The molecule has 1 aromatic carbocycles. The zero-order chi connectivity index (χ0) is 27.0. The number of carboxylic acid groups (broad SMARTS) is 2. The largest absolute Gasteiger partial charge is 0.490 e. The van der Waals surface area contributed by atoms with Crippen molar-refractivity contribution in [2.45, 2.75) is 25.3 Å². The fraction of sp³-hybridized carbons (Fsp3) is 0.619. The Kier molecular flexibility index (Phi) is 11.3. The van der Waals surface area contributed by atoms with Gasteiger partial charge in [-0.15, -0.1) is 0 Å². The molecule has 0 saturated carbocycles. The number of aliphatic carboxylic acids is 2. The molecule has 2 N–H and O–H groups in total. The third-order valence-electron chi connectivity index (χ3n) is 5.60. The molecule has 0 aromatic heterocycles. The SMILES string of the molecule is COC[C@@H]1CN(C)C[C@@]12CCN(Cc1cccc(Cl)c1)C2.O=C(O)C(F)(F)F.O=C(O)C(F)(F)F. The van der Waals surface area contributed by atoms with Crippen LogP contribution in [-0.4, -0.2) is 91.2 Å². The number of halogens is 7. The lowest BCUT2D eigenvalue weighted by Crippen LogP contribution is -2.36. The first-order valence-electron chi connectivity index (χ1n) is 10.2. The Morgan fingerprint density at radius 3 is 2.11 bits per heavy atom. The summed E-state index contributed by atoms with van der Waals surface area (Å²) >= 11 is 6.09. The molecule has 0 radical (unpaired) electrons. The van der Waals surface area contributed by atoms with Crippen molar-refractivity contribution in [1.82, 2.24) is 9.80 Å². The van der Waals surface area contributed by atoms with E-state index in [4.69, 9.17) is 36.1 Å². The molecule has 3 rings (SSSR count). The van der Waals surface area contributed by atoms with E-state index in [0.717, 1.165) is 18.2 Å². The Morgan fingerprint density at radius 2 is 1.66 bits per heavy atom. The van der Waals surface area contributed by atoms with Crippen LogP contribution >= 0.6 is 11.6 Å². The van der Waals surface area contributed by atoms with Crippen molar-refractivity contribution in [3.8, 4) is 0 Å². The molecule has 2 aliphatic heterocycles. The van der Waals surface area contributed by atoms with Crippen LogP contribution in [0.2, 0.25) is 5.02 Å². The van der Waals surface area contributed by atoms with Crippen molar-refractivity contribution in [2.24, 2.45) is 11.3 Å². The molecule has 35 heavy (non-hydrogen) atoms.